The molecule has 0 amide bonds. The van der Waals surface area contributed by atoms with Crippen LogP contribution in [0.25, 0.3) is 0 Å². The predicted molar refractivity (Wildman–Crippen MR) is 99.3 cm³/mol. The highest BCUT2D eigenvalue weighted by Crippen LogP contribution is 2.15. The van der Waals surface area contributed by atoms with Crippen LogP contribution < -0.4 is 9.46 Å². The molecule has 0 bridgehead atoms. The molecule has 0 aliphatic heterocycles. The van der Waals surface area contributed by atoms with Crippen molar-refractivity contribution in [3.63, 3.8) is 0 Å². The molecule has 0 unspecified atom stereocenters. The molecule has 1 N–H and O–H groups in total. The van der Waals surface area contributed by atoms with Crippen molar-refractivity contribution in [2.45, 2.75) is 31.4 Å². The van der Waals surface area contributed by atoms with E-state index in [1.165, 1.54) is 43.3 Å². The number of hydrogen-bond acceptors (Lipinski definition) is 6. The van der Waals surface area contributed by atoms with Crippen LogP contribution in [-0.4, -0.2) is 39.4 Å². The number of carbonyl (C=O) groups excluding carboxylic acids is 2. The summed E-state index contributed by atoms with van der Waals surface area (Å²) < 4.78 is 60.0. The lowest BCUT2D eigenvalue weighted by atomic mass is 10.1. The van der Waals surface area contributed by atoms with Gasteiger partial charge in [0.25, 0.3) is 0 Å². The number of halogens is 2. The number of benzene rings is 2. The summed E-state index contributed by atoms with van der Waals surface area (Å²) >= 11 is 0. The van der Waals surface area contributed by atoms with Crippen molar-refractivity contribution in [3.05, 3.63) is 59.7 Å². The van der Waals surface area contributed by atoms with Crippen molar-refractivity contribution in [1.29, 1.82) is 0 Å². The zero-order chi connectivity index (χ0) is 21.6. The highest BCUT2D eigenvalue weighted by molar-refractivity contribution is 7.89. The van der Waals surface area contributed by atoms with Crippen LogP contribution >= 0.6 is 0 Å². The molecule has 0 fully saturated rings. The minimum absolute atomic E-state index is 0.00932. The molecule has 0 heterocycles. The fourth-order valence-corrected chi connectivity index (χ4v) is 3.43. The SMILES string of the molecule is Cc1ccc(S(=O)(=O)N[C@@H](C)C(=O)OCC(=O)c2ccc(OC(F)F)cc2)cc1. The van der Waals surface area contributed by atoms with E-state index in [9.17, 15) is 26.8 Å². The summed E-state index contributed by atoms with van der Waals surface area (Å²) in [7, 11) is -3.94. The number of nitrogens with one attached hydrogen (secondary N) is 1. The van der Waals surface area contributed by atoms with E-state index >= 15 is 0 Å². The first-order valence-corrected chi connectivity index (χ1v) is 9.90. The fraction of sp³-hybridized carbons (Fsp3) is 0.263. The van der Waals surface area contributed by atoms with Gasteiger partial charge >= 0.3 is 12.6 Å². The lowest BCUT2D eigenvalue weighted by molar-refractivity contribution is -0.144. The van der Waals surface area contributed by atoms with E-state index in [4.69, 9.17) is 4.74 Å². The van der Waals surface area contributed by atoms with Crippen LogP contribution in [0.3, 0.4) is 0 Å². The van der Waals surface area contributed by atoms with E-state index in [0.29, 0.717) is 0 Å². The molecule has 0 aliphatic carbocycles. The lowest BCUT2D eigenvalue weighted by Gasteiger charge is -2.14. The second-order valence-electron chi connectivity index (χ2n) is 6.09. The Morgan fingerprint density at radius 3 is 2.17 bits per heavy atom. The molecular weight excluding hydrogens is 408 g/mol. The van der Waals surface area contributed by atoms with Crippen LogP contribution in [0.4, 0.5) is 8.78 Å². The summed E-state index contributed by atoms with van der Waals surface area (Å²) in [6, 6.07) is 9.67. The average molecular weight is 427 g/mol. The minimum Gasteiger partial charge on any atom is -0.456 e. The van der Waals surface area contributed by atoms with Crippen molar-refractivity contribution >= 4 is 21.8 Å². The van der Waals surface area contributed by atoms with Gasteiger partial charge in [-0.2, -0.15) is 13.5 Å². The number of alkyl halides is 2. The van der Waals surface area contributed by atoms with Gasteiger partial charge < -0.3 is 9.47 Å². The Morgan fingerprint density at radius 2 is 1.62 bits per heavy atom. The first-order valence-electron chi connectivity index (χ1n) is 8.42. The van der Waals surface area contributed by atoms with Gasteiger partial charge in [0.1, 0.15) is 11.8 Å². The first-order chi connectivity index (χ1) is 13.6. The van der Waals surface area contributed by atoms with Crippen LogP contribution in [0, 0.1) is 6.92 Å². The molecule has 2 aromatic carbocycles. The predicted octanol–water partition coefficient (Wildman–Crippen LogP) is 2.69. The van der Waals surface area contributed by atoms with Crippen LogP contribution in [-0.2, 0) is 19.6 Å². The van der Waals surface area contributed by atoms with Crippen LogP contribution in [0.5, 0.6) is 5.75 Å². The molecule has 0 radical (unpaired) electrons. The molecule has 0 aliphatic rings. The zero-order valence-electron chi connectivity index (χ0n) is 15.6. The summed E-state index contributed by atoms with van der Waals surface area (Å²) in [6.45, 7) is -0.526. The van der Waals surface area contributed by atoms with Gasteiger partial charge in [-0.3, -0.25) is 9.59 Å². The molecule has 10 heteroatoms. The van der Waals surface area contributed by atoms with Gasteiger partial charge in [-0.05, 0) is 50.2 Å². The second kappa shape index (κ2) is 9.57. The number of sulfonamides is 1. The van der Waals surface area contributed by atoms with Crippen molar-refractivity contribution in [2.24, 2.45) is 0 Å². The molecule has 0 spiro atoms. The first kappa shape index (κ1) is 22.4. The molecule has 2 rings (SSSR count). The smallest absolute Gasteiger partial charge is 0.387 e. The second-order valence-corrected chi connectivity index (χ2v) is 7.80. The van der Waals surface area contributed by atoms with E-state index in [1.807, 2.05) is 0 Å². The molecule has 7 nitrogen and oxygen atoms in total. The number of esters is 1. The average Bonchev–Trinajstić information content (AvgIpc) is 2.66. The van der Waals surface area contributed by atoms with Crippen molar-refractivity contribution in [2.75, 3.05) is 6.61 Å². The van der Waals surface area contributed by atoms with Crippen molar-refractivity contribution in [3.8, 4) is 5.75 Å². The van der Waals surface area contributed by atoms with E-state index in [2.05, 4.69) is 9.46 Å². The van der Waals surface area contributed by atoms with E-state index in [-0.39, 0.29) is 16.2 Å². The molecule has 0 saturated carbocycles. The maximum absolute atomic E-state index is 12.3. The zero-order valence-corrected chi connectivity index (χ0v) is 16.4. The summed E-state index contributed by atoms with van der Waals surface area (Å²) in [4.78, 5) is 24.0. The molecular formula is C19H19F2NO6S. The minimum atomic E-state index is -3.94. The lowest BCUT2D eigenvalue weighted by Crippen LogP contribution is -2.40. The van der Waals surface area contributed by atoms with Gasteiger partial charge in [-0.15, -0.1) is 0 Å². The normalized spacial score (nSPS) is 12.4. The highest BCUT2D eigenvalue weighted by atomic mass is 32.2. The third kappa shape index (κ3) is 6.61. The van der Waals surface area contributed by atoms with Crippen LogP contribution in [0.1, 0.15) is 22.8 Å². The summed E-state index contributed by atoms with van der Waals surface area (Å²) in [5, 5.41) is 0. The number of ether oxygens (including phenoxy) is 2. The number of rotatable bonds is 9. The third-order valence-electron chi connectivity index (χ3n) is 3.76. The fourth-order valence-electron chi connectivity index (χ4n) is 2.23. The van der Waals surface area contributed by atoms with Gasteiger partial charge in [-0.1, -0.05) is 17.7 Å². The molecule has 0 saturated heterocycles. The molecule has 29 heavy (non-hydrogen) atoms. The summed E-state index contributed by atoms with van der Waals surface area (Å²) in [5.41, 5.74) is 0.996. The molecule has 156 valence electrons. The Morgan fingerprint density at radius 1 is 1.03 bits per heavy atom. The number of Topliss-reactive ketones (excluding diaryl/α,β-unsaturated/α-hetero) is 1. The highest BCUT2D eigenvalue weighted by Gasteiger charge is 2.23. The van der Waals surface area contributed by atoms with Gasteiger partial charge in [0, 0.05) is 5.56 Å². The third-order valence-corrected chi connectivity index (χ3v) is 5.32. The maximum atomic E-state index is 12.3. The Balaban J connectivity index is 1.90. The van der Waals surface area contributed by atoms with Gasteiger partial charge in [0.2, 0.25) is 10.0 Å². The Kier molecular flexibility index (Phi) is 7.40. The number of aryl methyl sites for hydroxylation is 1. The number of carbonyl (C=O) groups is 2. The Labute approximate surface area is 166 Å². The molecule has 1 atom stereocenters. The Bertz CT molecular complexity index is 959. The van der Waals surface area contributed by atoms with Gasteiger partial charge in [0.05, 0.1) is 4.90 Å². The van der Waals surface area contributed by atoms with E-state index in [1.54, 1.807) is 19.1 Å². The topological polar surface area (TPSA) is 98.8 Å². The van der Waals surface area contributed by atoms with Gasteiger partial charge in [0.15, 0.2) is 12.4 Å². The standard InChI is InChI=1S/C19H19F2NO6S/c1-12-3-9-16(10-4-12)29(25,26)22-13(2)18(24)27-11-17(23)14-5-7-15(8-6-14)28-19(20)21/h3-10,13,19,22H,11H2,1-2H3/t13-/m0/s1. The van der Waals surface area contributed by atoms with Crippen LogP contribution in [0.15, 0.2) is 53.4 Å². The van der Waals surface area contributed by atoms with Crippen molar-refractivity contribution < 1.29 is 36.3 Å². The largest absolute Gasteiger partial charge is 0.456 e. The number of hydrogen-bond donors (Lipinski definition) is 1. The van der Waals surface area contributed by atoms with Gasteiger partial charge in [-0.25, -0.2) is 8.42 Å². The molecule has 2 aromatic rings. The van der Waals surface area contributed by atoms with E-state index < -0.39 is 41.0 Å². The monoisotopic (exact) mass is 427 g/mol. The molecule has 0 aromatic heterocycles. The Hall–Kier alpha value is -2.85. The van der Waals surface area contributed by atoms with Crippen LogP contribution in [0.2, 0.25) is 0 Å². The quantitative estimate of drug-likeness (QED) is 0.488. The maximum Gasteiger partial charge on any atom is 0.387 e. The van der Waals surface area contributed by atoms with E-state index in [0.717, 1.165) is 5.56 Å². The summed E-state index contributed by atoms with van der Waals surface area (Å²) in [5.74, 6) is -1.64. The summed E-state index contributed by atoms with van der Waals surface area (Å²) in [6.07, 6.45) is 0. The number of ketones is 1. The van der Waals surface area contributed by atoms with Crippen molar-refractivity contribution in [1.82, 2.24) is 4.72 Å².